The van der Waals surface area contributed by atoms with E-state index in [0.717, 1.165) is 10.0 Å². The first-order valence-electron chi connectivity index (χ1n) is 5.81. The summed E-state index contributed by atoms with van der Waals surface area (Å²) in [4.78, 5) is 26.2. The number of carbonyl (C=O) groups is 1. The number of rotatable bonds is 4. The lowest BCUT2D eigenvalue weighted by Gasteiger charge is -2.16. The van der Waals surface area contributed by atoms with E-state index < -0.39 is 4.92 Å². The van der Waals surface area contributed by atoms with Crippen molar-refractivity contribution in [3.63, 3.8) is 0 Å². The van der Waals surface area contributed by atoms with Crippen molar-refractivity contribution in [1.29, 1.82) is 0 Å². The van der Waals surface area contributed by atoms with Gasteiger partial charge in [0.15, 0.2) is 5.69 Å². The molecule has 0 saturated heterocycles. The summed E-state index contributed by atoms with van der Waals surface area (Å²) in [5.41, 5.74) is 1.16. The molecule has 1 amide bonds. The molecule has 104 valence electrons. The molecule has 0 unspecified atom stereocenters. The predicted molar refractivity (Wildman–Crippen MR) is 77.4 cm³/mol. The summed E-state index contributed by atoms with van der Waals surface area (Å²) in [5.74, 6) is -0.489. The monoisotopic (exact) mass is 337 g/mol. The van der Waals surface area contributed by atoms with Crippen molar-refractivity contribution in [3.8, 4) is 0 Å². The van der Waals surface area contributed by atoms with E-state index in [0.29, 0.717) is 6.54 Å². The molecule has 6 nitrogen and oxygen atoms in total. The van der Waals surface area contributed by atoms with E-state index in [2.05, 4.69) is 20.9 Å². The Morgan fingerprint density at radius 2 is 2.05 bits per heavy atom. The minimum Gasteiger partial charge on any atom is -0.358 e. The minimum absolute atomic E-state index is 0.192. The number of halogens is 1. The fourth-order valence-electron chi connectivity index (χ4n) is 1.77. The first kappa shape index (κ1) is 14.3. The molecule has 0 atom stereocenters. The smallest absolute Gasteiger partial charge is 0.321 e. The first-order valence-corrected chi connectivity index (χ1v) is 6.60. The normalized spacial score (nSPS) is 10.3. The topological polar surface area (TPSA) is 79.2 Å². The van der Waals surface area contributed by atoms with Crippen LogP contribution < -0.4 is 0 Å². The van der Waals surface area contributed by atoms with Crippen LogP contribution in [0.3, 0.4) is 0 Å². The molecule has 20 heavy (non-hydrogen) atoms. The Labute approximate surface area is 123 Å². The maximum Gasteiger partial charge on any atom is 0.321 e. The molecular weight excluding hydrogens is 326 g/mol. The highest BCUT2D eigenvalue weighted by Crippen LogP contribution is 2.18. The quantitative estimate of drug-likeness (QED) is 0.688. The largest absolute Gasteiger partial charge is 0.358 e. The van der Waals surface area contributed by atoms with Gasteiger partial charge in [-0.3, -0.25) is 4.79 Å². The number of amides is 1. The summed E-state index contributed by atoms with van der Waals surface area (Å²) in [6, 6.07) is 10.3. The fraction of sp³-hybridized carbons (Fsp3) is 0.154. The Morgan fingerprint density at radius 1 is 1.35 bits per heavy atom. The van der Waals surface area contributed by atoms with Crippen LogP contribution in [0.25, 0.3) is 0 Å². The second-order valence-electron chi connectivity index (χ2n) is 4.27. The van der Waals surface area contributed by atoms with E-state index in [4.69, 9.17) is 0 Å². The maximum absolute atomic E-state index is 12.2. The van der Waals surface area contributed by atoms with E-state index in [9.17, 15) is 14.9 Å². The zero-order chi connectivity index (χ0) is 14.7. The lowest BCUT2D eigenvalue weighted by atomic mass is 10.2. The van der Waals surface area contributed by atoms with Gasteiger partial charge in [-0.2, -0.15) is 0 Å². The Bertz CT molecular complexity index is 654. The Kier molecular flexibility index (Phi) is 4.19. The van der Waals surface area contributed by atoms with Gasteiger partial charge in [0.25, 0.3) is 5.91 Å². The van der Waals surface area contributed by atoms with Crippen molar-refractivity contribution in [2.24, 2.45) is 0 Å². The maximum atomic E-state index is 12.2. The highest BCUT2D eigenvalue weighted by Gasteiger charge is 2.19. The third-order valence-electron chi connectivity index (χ3n) is 2.81. The number of carbonyl (C=O) groups excluding carboxylic acids is 1. The van der Waals surface area contributed by atoms with Crippen molar-refractivity contribution < 1.29 is 9.72 Å². The third-order valence-corrected chi connectivity index (χ3v) is 3.58. The molecule has 1 heterocycles. The molecule has 0 aliphatic carbocycles. The van der Waals surface area contributed by atoms with Gasteiger partial charge < -0.3 is 15.0 Å². The molecule has 0 spiro atoms. The number of nitro groups is 1. The van der Waals surface area contributed by atoms with Gasteiger partial charge in [-0.25, -0.2) is 4.98 Å². The van der Waals surface area contributed by atoms with Gasteiger partial charge in [0.2, 0.25) is 0 Å². The van der Waals surface area contributed by atoms with Gasteiger partial charge in [0.1, 0.15) is 0 Å². The zero-order valence-electron chi connectivity index (χ0n) is 10.7. The molecule has 1 aromatic heterocycles. The highest BCUT2D eigenvalue weighted by atomic mass is 79.9. The number of hydrogen-bond donors (Lipinski definition) is 1. The van der Waals surface area contributed by atoms with E-state index in [1.54, 1.807) is 7.05 Å². The summed E-state index contributed by atoms with van der Waals surface area (Å²) in [6.45, 7) is 0.410. The molecule has 0 saturated carbocycles. The van der Waals surface area contributed by atoms with Crippen molar-refractivity contribution in [3.05, 3.63) is 62.2 Å². The van der Waals surface area contributed by atoms with Crippen LogP contribution in [-0.2, 0) is 6.54 Å². The lowest BCUT2D eigenvalue weighted by molar-refractivity contribution is -0.389. The molecule has 1 N–H and O–H groups in total. The summed E-state index contributed by atoms with van der Waals surface area (Å²) >= 11 is 3.42. The number of nitrogens with zero attached hydrogens (tertiary/aromatic N) is 2. The second kappa shape index (κ2) is 5.87. The van der Waals surface area contributed by atoms with Crippen LogP contribution in [0.1, 0.15) is 16.1 Å². The zero-order valence-corrected chi connectivity index (χ0v) is 12.3. The van der Waals surface area contributed by atoms with Crippen LogP contribution in [0.4, 0.5) is 5.82 Å². The van der Waals surface area contributed by atoms with Crippen LogP contribution in [0, 0.1) is 10.1 Å². The highest BCUT2D eigenvalue weighted by molar-refractivity contribution is 9.10. The molecule has 0 radical (unpaired) electrons. The summed E-state index contributed by atoms with van der Waals surface area (Å²) in [5, 5.41) is 10.6. The average molecular weight is 338 g/mol. The molecule has 0 aliphatic rings. The standard InChI is InChI=1S/C13H12BrN3O3/c1-16(8-9-4-2-3-5-10(9)14)13(18)11-6-7-12(15-11)17(19)20/h2-7,15H,8H2,1H3. The third kappa shape index (κ3) is 3.05. The molecule has 2 rings (SSSR count). The first-order chi connectivity index (χ1) is 9.49. The number of benzene rings is 1. The Hall–Kier alpha value is -2.15. The van der Waals surface area contributed by atoms with E-state index in [1.807, 2.05) is 24.3 Å². The van der Waals surface area contributed by atoms with Crippen LogP contribution in [0.5, 0.6) is 0 Å². The van der Waals surface area contributed by atoms with Crippen LogP contribution in [0.15, 0.2) is 40.9 Å². The molecule has 0 fully saturated rings. The van der Waals surface area contributed by atoms with Gasteiger partial charge >= 0.3 is 5.82 Å². The van der Waals surface area contributed by atoms with Crippen LogP contribution >= 0.6 is 15.9 Å². The summed E-state index contributed by atoms with van der Waals surface area (Å²) in [6.07, 6.45) is 0. The van der Waals surface area contributed by atoms with Crippen molar-refractivity contribution >= 4 is 27.7 Å². The van der Waals surface area contributed by atoms with Crippen molar-refractivity contribution in [2.45, 2.75) is 6.54 Å². The number of H-pyrrole nitrogens is 1. The predicted octanol–water partition coefficient (Wildman–Crippen LogP) is 2.96. The minimum atomic E-state index is -0.565. The van der Waals surface area contributed by atoms with Gasteiger partial charge in [-0.1, -0.05) is 34.1 Å². The van der Waals surface area contributed by atoms with E-state index >= 15 is 0 Å². The molecule has 2 aromatic rings. The Balaban J connectivity index is 2.12. The number of aromatic amines is 1. The van der Waals surface area contributed by atoms with Gasteiger partial charge in [0.05, 0.1) is 0 Å². The van der Waals surface area contributed by atoms with E-state index in [1.165, 1.54) is 17.0 Å². The Morgan fingerprint density at radius 3 is 2.65 bits per heavy atom. The molecule has 0 bridgehead atoms. The molecular formula is C13H12BrN3O3. The van der Waals surface area contributed by atoms with Gasteiger partial charge in [-0.15, -0.1) is 0 Å². The number of aromatic nitrogens is 1. The van der Waals surface area contributed by atoms with Crippen molar-refractivity contribution in [2.75, 3.05) is 7.05 Å². The molecule has 7 heteroatoms. The SMILES string of the molecule is CN(Cc1ccccc1Br)C(=O)c1ccc([N+](=O)[O-])[nH]1. The molecule has 1 aromatic carbocycles. The number of hydrogen-bond acceptors (Lipinski definition) is 3. The molecule has 0 aliphatic heterocycles. The van der Waals surface area contributed by atoms with Crippen molar-refractivity contribution in [1.82, 2.24) is 9.88 Å². The van der Waals surface area contributed by atoms with E-state index in [-0.39, 0.29) is 17.4 Å². The summed E-state index contributed by atoms with van der Waals surface area (Å²) < 4.78 is 0.914. The summed E-state index contributed by atoms with van der Waals surface area (Å²) in [7, 11) is 1.65. The lowest BCUT2D eigenvalue weighted by Crippen LogP contribution is -2.26. The second-order valence-corrected chi connectivity index (χ2v) is 5.12. The fourth-order valence-corrected chi connectivity index (χ4v) is 2.18. The van der Waals surface area contributed by atoms with Crippen LogP contribution in [0.2, 0.25) is 0 Å². The number of nitrogens with one attached hydrogen (secondary N) is 1. The average Bonchev–Trinajstić information content (AvgIpc) is 2.90. The van der Waals surface area contributed by atoms with Gasteiger partial charge in [-0.05, 0) is 22.6 Å². The van der Waals surface area contributed by atoms with Crippen LogP contribution in [-0.4, -0.2) is 27.8 Å². The van der Waals surface area contributed by atoms with Gasteiger partial charge in [0, 0.05) is 24.1 Å².